The molecule has 0 unspecified atom stereocenters. The van der Waals surface area contributed by atoms with Gasteiger partial charge in [0, 0.05) is 30.8 Å². The number of halogens is 6. The predicted octanol–water partition coefficient (Wildman–Crippen LogP) is 5.62. The molecule has 3 aliphatic rings. The SMILES string of the molecule is Cn1c(-c2ccccc2C(F)(F)F)nnc1C12CCC(CNC(=O)NCc3ccccn3)(CC1)CC2.O=C(O)C(F)(F)F. The molecule has 43 heavy (non-hydrogen) atoms. The number of carbonyl (C=O) groups excluding carboxylic acids is 1. The highest BCUT2D eigenvalue weighted by molar-refractivity contribution is 5.74. The zero-order valence-electron chi connectivity index (χ0n) is 23.1. The smallest absolute Gasteiger partial charge is 0.475 e. The standard InChI is InChI=1S/C26H29F3N6O.C2HF3O2/c1-35-21(19-7-2-3-8-20(19)26(27,28)29)33-34-22(35)25-12-9-24(10-13-25,11-14-25)17-32-23(36)31-16-18-6-4-5-15-30-18;3-2(4,5)1(6)7/h2-8,15H,9-14,16-17H2,1H3,(H2,31,32,36);(H,6,7). The minimum Gasteiger partial charge on any atom is -0.475 e. The minimum atomic E-state index is -5.08. The lowest BCUT2D eigenvalue weighted by Crippen LogP contribution is -2.51. The molecule has 0 spiro atoms. The van der Waals surface area contributed by atoms with E-state index in [0.717, 1.165) is 56.1 Å². The summed E-state index contributed by atoms with van der Waals surface area (Å²) >= 11 is 0. The normalized spacial score (nSPS) is 21.5. The fraction of sp³-hybridized carbons (Fsp3) is 0.464. The van der Waals surface area contributed by atoms with E-state index < -0.39 is 23.9 Å². The number of carbonyl (C=O) groups is 2. The second-order valence-corrected chi connectivity index (χ2v) is 10.9. The summed E-state index contributed by atoms with van der Waals surface area (Å²) in [5, 5.41) is 21.6. The maximum atomic E-state index is 13.6. The molecular formula is C28H30F6N6O3. The van der Waals surface area contributed by atoms with Crippen molar-refractivity contribution < 1.29 is 41.0 Å². The number of carboxylic acid groups (broad SMARTS) is 1. The second kappa shape index (κ2) is 12.2. The number of hydrogen-bond donors (Lipinski definition) is 3. The van der Waals surface area contributed by atoms with Crippen LogP contribution >= 0.6 is 0 Å². The van der Waals surface area contributed by atoms with Crippen molar-refractivity contribution in [3.8, 4) is 11.4 Å². The highest BCUT2D eigenvalue weighted by Crippen LogP contribution is 2.57. The van der Waals surface area contributed by atoms with Crippen molar-refractivity contribution in [3.05, 3.63) is 65.7 Å². The molecule has 3 N–H and O–H groups in total. The fourth-order valence-electron chi connectivity index (χ4n) is 5.82. The summed E-state index contributed by atoms with van der Waals surface area (Å²) in [7, 11) is 1.76. The summed E-state index contributed by atoms with van der Waals surface area (Å²) in [6.07, 6.45) is -2.46. The lowest BCUT2D eigenvalue weighted by Gasteiger charge is -2.52. The van der Waals surface area contributed by atoms with E-state index in [4.69, 9.17) is 9.90 Å². The number of hydrogen-bond acceptors (Lipinski definition) is 5. The number of benzene rings is 1. The molecule has 3 aliphatic carbocycles. The predicted molar refractivity (Wildman–Crippen MR) is 141 cm³/mol. The van der Waals surface area contributed by atoms with Crippen LogP contribution in [0.4, 0.5) is 31.1 Å². The van der Waals surface area contributed by atoms with Crippen molar-refractivity contribution in [3.63, 3.8) is 0 Å². The van der Waals surface area contributed by atoms with E-state index in [1.54, 1.807) is 23.9 Å². The van der Waals surface area contributed by atoms with Crippen molar-refractivity contribution >= 4 is 12.0 Å². The maximum Gasteiger partial charge on any atom is 0.490 e. The van der Waals surface area contributed by atoms with Gasteiger partial charge in [-0.15, -0.1) is 10.2 Å². The van der Waals surface area contributed by atoms with Gasteiger partial charge in [-0.05, 0) is 62.1 Å². The van der Waals surface area contributed by atoms with Crippen LogP contribution in [0.25, 0.3) is 11.4 Å². The van der Waals surface area contributed by atoms with Crippen LogP contribution in [0.5, 0.6) is 0 Å². The van der Waals surface area contributed by atoms with E-state index >= 15 is 0 Å². The third-order valence-corrected chi connectivity index (χ3v) is 8.25. The number of alkyl halides is 6. The Labute approximate surface area is 242 Å². The maximum absolute atomic E-state index is 13.6. The number of carboxylic acids is 1. The number of urea groups is 1. The molecule has 0 aliphatic heterocycles. The molecule has 2 bridgehead atoms. The number of pyridine rings is 1. The number of aliphatic carboxylic acids is 1. The Morgan fingerprint density at radius 3 is 2.07 bits per heavy atom. The van der Waals surface area contributed by atoms with Gasteiger partial charge in [0.15, 0.2) is 5.82 Å². The number of amides is 2. The van der Waals surface area contributed by atoms with Crippen LogP contribution in [-0.2, 0) is 30.0 Å². The molecule has 2 aromatic heterocycles. The van der Waals surface area contributed by atoms with Crippen LogP contribution < -0.4 is 10.6 Å². The number of nitrogens with one attached hydrogen (secondary N) is 2. The first-order valence-corrected chi connectivity index (χ1v) is 13.4. The van der Waals surface area contributed by atoms with Crippen molar-refractivity contribution in [2.75, 3.05) is 6.54 Å². The van der Waals surface area contributed by atoms with Gasteiger partial charge in [-0.1, -0.05) is 24.3 Å². The first kappa shape index (κ1) is 31.8. The molecule has 232 valence electrons. The average Bonchev–Trinajstić information content (AvgIpc) is 3.37. The van der Waals surface area contributed by atoms with E-state index in [9.17, 15) is 31.1 Å². The summed E-state index contributed by atoms with van der Waals surface area (Å²) in [6.45, 7) is 0.967. The Kier molecular flexibility index (Phi) is 9.02. The largest absolute Gasteiger partial charge is 0.490 e. The number of fused-ring (bicyclic) bond motifs is 3. The summed E-state index contributed by atoms with van der Waals surface area (Å²) in [4.78, 5) is 25.4. The number of aromatic nitrogens is 4. The fourth-order valence-corrected chi connectivity index (χ4v) is 5.82. The van der Waals surface area contributed by atoms with Gasteiger partial charge in [0.2, 0.25) is 0 Å². The summed E-state index contributed by atoms with van der Waals surface area (Å²) in [5.74, 6) is -1.77. The number of rotatable bonds is 6. The zero-order chi connectivity index (χ0) is 31.5. The Morgan fingerprint density at radius 1 is 0.907 bits per heavy atom. The highest BCUT2D eigenvalue weighted by atomic mass is 19.4. The molecule has 3 aromatic rings. The molecule has 15 heteroatoms. The topological polar surface area (TPSA) is 122 Å². The van der Waals surface area contributed by atoms with Crippen LogP contribution in [0.15, 0.2) is 48.7 Å². The van der Waals surface area contributed by atoms with Crippen LogP contribution in [0, 0.1) is 5.41 Å². The van der Waals surface area contributed by atoms with Gasteiger partial charge < -0.3 is 20.3 Å². The van der Waals surface area contributed by atoms with Gasteiger partial charge in [-0.25, -0.2) is 9.59 Å². The van der Waals surface area contributed by atoms with Crippen molar-refractivity contribution in [1.82, 2.24) is 30.4 Å². The highest BCUT2D eigenvalue weighted by Gasteiger charge is 2.51. The van der Waals surface area contributed by atoms with Crippen LogP contribution in [-0.4, -0.2) is 49.6 Å². The zero-order valence-corrected chi connectivity index (χ0v) is 23.1. The van der Waals surface area contributed by atoms with Gasteiger partial charge in [0.05, 0.1) is 17.8 Å². The van der Waals surface area contributed by atoms with E-state index in [1.165, 1.54) is 12.1 Å². The Hall–Kier alpha value is -4.17. The Morgan fingerprint density at radius 2 is 1.51 bits per heavy atom. The van der Waals surface area contributed by atoms with Gasteiger partial charge in [-0.3, -0.25) is 4.98 Å². The van der Waals surface area contributed by atoms with E-state index in [0.29, 0.717) is 13.1 Å². The summed E-state index contributed by atoms with van der Waals surface area (Å²) < 4.78 is 74.2. The monoisotopic (exact) mass is 612 g/mol. The molecule has 0 saturated heterocycles. The minimum absolute atomic E-state index is 0.0361. The van der Waals surface area contributed by atoms with Crippen molar-refractivity contribution in [1.29, 1.82) is 0 Å². The third-order valence-electron chi connectivity index (χ3n) is 8.25. The summed E-state index contributed by atoms with van der Waals surface area (Å²) in [5.41, 5.74) is -0.0236. The molecule has 2 amide bonds. The Balaban J connectivity index is 0.000000541. The molecule has 3 saturated carbocycles. The van der Waals surface area contributed by atoms with Crippen molar-refractivity contribution in [2.45, 2.75) is 62.8 Å². The van der Waals surface area contributed by atoms with E-state index in [1.807, 2.05) is 18.2 Å². The van der Waals surface area contributed by atoms with Gasteiger partial charge >= 0.3 is 24.4 Å². The van der Waals surface area contributed by atoms with Crippen LogP contribution in [0.3, 0.4) is 0 Å². The molecule has 0 atom stereocenters. The molecular weight excluding hydrogens is 582 g/mol. The summed E-state index contributed by atoms with van der Waals surface area (Å²) in [6, 6.07) is 10.9. The first-order valence-electron chi connectivity index (χ1n) is 13.4. The third kappa shape index (κ3) is 7.25. The van der Waals surface area contributed by atoms with Crippen molar-refractivity contribution in [2.24, 2.45) is 12.5 Å². The van der Waals surface area contributed by atoms with Gasteiger partial charge in [-0.2, -0.15) is 26.3 Å². The number of nitrogens with zero attached hydrogens (tertiary/aromatic N) is 4. The van der Waals surface area contributed by atoms with Crippen LogP contribution in [0.2, 0.25) is 0 Å². The molecule has 2 heterocycles. The van der Waals surface area contributed by atoms with Crippen LogP contribution in [0.1, 0.15) is 55.6 Å². The molecule has 6 rings (SSSR count). The average molecular weight is 613 g/mol. The quantitative estimate of drug-likeness (QED) is 0.311. The van der Waals surface area contributed by atoms with E-state index in [-0.39, 0.29) is 28.2 Å². The molecule has 1 aromatic carbocycles. The van der Waals surface area contributed by atoms with Gasteiger partial charge in [0.25, 0.3) is 0 Å². The second-order valence-electron chi connectivity index (χ2n) is 10.9. The van der Waals surface area contributed by atoms with E-state index in [2.05, 4.69) is 25.8 Å². The first-order chi connectivity index (χ1) is 20.2. The van der Waals surface area contributed by atoms with Gasteiger partial charge in [0.1, 0.15) is 5.82 Å². The Bertz CT molecular complexity index is 1420. The molecule has 9 nitrogen and oxygen atoms in total. The lowest BCUT2D eigenvalue weighted by atomic mass is 9.53. The molecule has 3 fully saturated rings. The molecule has 0 radical (unpaired) electrons. The lowest BCUT2D eigenvalue weighted by molar-refractivity contribution is -0.192.